The predicted octanol–water partition coefficient (Wildman–Crippen LogP) is 2.94. The zero-order valence-electron chi connectivity index (χ0n) is 21.5. The molecule has 1 saturated carbocycles. The minimum atomic E-state index is -1.08. The lowest BCUT2D eigenvalue weighted by molar-refractivity contribution is -0.133. The van der Waals surface area contributed by atoms with E-state index >= 15 is 0 Å². The van der Waals surface area contributed by atoms with Crippen LogP contribution in [0.5, 0.6) is 5.75 Å². The molecule has 9 heteroatoms. The number of ether oxygens (including phenoxy) is 1. The first kappa shape index (κ1) is 25.7. The fourth-order valence-electron chi connectivity index (χ4n) is 4.93. The quantitative estimate of drug-likeness (QED) is 0.548. The van der Waals surface area contributed by atoms with Gasteiger partial charge in [-0.3, -0.25) is 19.1 Å². The van der Waals surface area contributed by atoms with E-state index in [1.165, 1.54) is 28.5 Å². The molecule has 0 radical (unpaired) electrons. The molecule has 1 aromatic carbocycles. The lowest BCUT2D eigenvalue weighted by Crippen LogP contribution is -2.63. The molecule has 1 aromatic heterocycles. The van der Waals surface area contributed by atoms with Gasteiger partial charge >= 0.3 is 0 Å². The fourth-order valence-corrected chi connectivity index (χ4v) is 4.93. The first-order valence-corrected chi connectivity index (χ1v) is 13.0. The molecule has 0 spiro atoms. The molecule has 0 bridgehead atoms. The Morgan fingerprint density at radius 1 is 1.14 bits per heavy atom. The molecule has 3 amide bonds. The van der Waals surface area contributed by atoms with Gasteiger partial charge in [-0.25, -0.2) is 0 Å². The highest BCUT2D eigenvalue weighted by Crippen LogP contribution is 2.27. The Morgan fingerprint density at radius 3 is 2.50 bits per heavy atom. The van der Waals surface area contributed by atoms with Gasteiger partial charge in [-0.15, -0.1) is 0 Å². The largest absolute Gasteiger partial charge is 0.494 e. The van der Waals surface area contributed by atoms with E-state index in [9.17, 15) is 14.4 Å². The van der Waals surface area contributed by atoms with Crippen LogP contribution in [-0.2, 0) is 17.8 Å². The zero-order chi connectivity index (χ0) is 25.7. The molecule has 1 aliphatic carbocycles. The van der Waals surface area contributed by atoms with Crippen molar-refractivity contribution in [2.45, 2.75) is 76.9 Å². The van der Waals surface area contributed by atoms with Crippen LogP contribution in [0, 0.1) is 0 Å². The lowest BCUT2D eigenvalue weighted by atomic mass is 9.95. The number of rotatable bonds is 8. The van der Waals surface area contributed by atoms with Crippen LogP contribution in [-0.4, -0.2) is 64.2 Å². The average Bonchev–Trinajstić information content (AvgIpc) is 3.12. The molecule has 2 heterocycles. The molecular formula is C27H37N5O4. The van der Waals surface area contributed by atoms with Crippen molar-refractivity contribution in [3.05, 3.63) is 47.3 Å². The summed E-state index contributed by atoms with van der Waals surface area (Å²) in [5, 5.41) is 10.4. The van der Waals surface area contributed by atoms with Gasteiger partial charge in [0.25, 0.3) is 11.8 Å². The summed E-state index contributed by atoms with van der Waals surface area (Å²) in [4.78, 5) is 40.7. The maximum absolute atomic E-state index is 13.3. The molecule has 4 rings (SSSR count). The van der Waals surface area contributed by atoms with E-state index in [1.807, 2.05) is 31.2 Å². The maximum Gasteiger partial charge on any atom is 0.272 e. The van der Waals surface area contributed by atoms with E-state index in [0.29, 0.717) is 25.3 Å². The number of fused-ring (bicyclic) bond motifs is 1. The van der Waals surface area contributed by atoms with Crippen molar-refractivity contribution in [2.75, 3.05) is 20.2 Å². The standard InChI is InChI=1S/C27H37N5O4/c1-4-36-21-13-11-19(12-14-21)15-16-28-24(33)22-17-23-25(34)31(3)27(2,18-32(23)30-22)26(35)29-20-9-7-5-6-8-10-20/h11-14,17,20H,4-10,15-16,18H2,1-3H3,(H,28,33)(H,29,35). The van der Waals surface area contributed by atoms with Crippen LogP contribution < -0.4 is 15.4 Å². The Morgan fingerprint density at radius 2 is 1.83 bits per heavy atom. The van der Waals surface area contributed by atoms with E-state index in [4.69, 9.17) is 4.74 Å². The van der Waals surface area contributed by atoms with Gasteiger partial charge in [-0.1, -0.05) is 37.8 Å². The number of benzene rings is 1. The van der Waals surface area contributed by atoms with Crippen molar-refractivity contribution in [1.82, 2.24) is 25.3 Å². The Hall–Kier alpha value is -3.36. The highest BCUT2D eigenvalue weighted by Gasteiger charge is 2.46. The van der Waals surface area contributed by atoms with Crippen LogP contribution in [0.4, 0.5) is 0 Å². The number of hydrogen-bond donors (Lipinski definition) is 2. The topological polar surface area (TPSA) is 106 Å². The summed E-state index contributed by atoms with van der Waals surface area (Å²) < 4.78 is 6.95. The van der Waals surface area contributed by atoms with Gasteiger partial charge in [0.1, 0.15) is 17.0 Å². The van der Waals surface area contributed by atoms with Gasteiger partial charge in [0.15, 0.2) is 5.69 Å². The summed E-state index contributed by atoms with van der Waals surface area (Å²) in [6, 6.07) is 9.42. The van der Waals surface area contributed by atoms with Crippen LogP contribution in [0.2, 0.25) is 0 Å². The number of nitrogens with zero attached hydrogens (tertiary/aromatic N) is 3. The van der Waals surface area contributed by atoms with E-state index in [0.717, 1.165) is 37.0 Å². The van der Waals surface area contributed by atoms with Crippen molar-refractivity contribution < 1.29 is 19.1 Å². The minimum Gasteiger partial charge on any atom is -0.494 e. The van der Waals surface area contributed by atoms with Crippen molar-refractivity contribution >= 4 is 17.7 Å². The third-order valence-corrected chi connectivity index (χ3v) is 7.35. The Balaban J connectivity index is 1.38. The first-order valence-electron chi connectivity index (χ1n) is 13.0. The van der Waals surface area contributed by atoms with Crippen LogP contribution >= 0.6 is 0 Å². The number of carbonyl (C=O) groups excluding carboxylic acids is 3. The summed E-state index contributed by atoms with van der Waals surface area (Å²) >= 11 is 0. The second-order valence-corrected chi connectivity index (χ2v) is 9.96. The smallest absolute Gasteiger partial charge is 0.272 e. The average molecular weight is 496 g/mol. The van der Waals surface area contributed by atoms with Gasteiger partial charge in [-0.2, -0.15) is 5.10 Å². The number of aromatic nitrogens is 2. The molecule has 194 valence electrons. The normalized spacial score (nSPS) is 20.4. The molecule has 2 aliphatic rings. The predicted molar refractivity (Wildman–Crippen MR) is 136 cm³/mol. The third kappa shape index (κ3) is 5.55. The van der Waals surface area contributed by atoms with Gasteiger partial charge in [0, 0.05) is 25.7 Å². The highest BCUT2D eigenvalue weighted by molar-refractivity contribution is 6.01. The molecule has 1 aliphatic heterocycles. The van der Waals surface area contributed by atoms with Gasteiger partial charge in [0.2, 0.25) is 5.91 Å². The molecular weight excluding hydrogens is 458 g/mol. The summed E-state index contributed by atoms with van der Waals surface area (Å²) in [6.45, 7) is 4.95. The van der Waals surface area contributed by atoms with E-state index in [2.05, 4.69) is 15.7 Å². The molecule has 2 N–H and O–H groups in total. The monoisotopic (exact) mass is 495 g/mol. The van der Waals surface area contributed by atoms with Crippen molar-refractivity contribution in [1.29, 1.82) is 0 Å². The zero-order valence-corrected chi connectivity index (χ0v) is 21.5. The van der Waals surface area contributed by atoms with Crippen molar-refractivity contribution in [2.24, 2.45) is 0 Å². The fraction of sp³-hybridized carbons (Fsp3) is 0.556. The molecule has 9 nitrogen and oxygen atoms in total. The van der Waals surface area contributed by atoms with Gasteiger partial charge < -0.3 is 20.3 Å². The third-order valence-electron chi connectivity index (χ3n) is 7.35. The SMILES string of the molecule is CCOc1ccc(CCNC(=O)c2cc3n(n2)CC(C)(C(=O)NC2CCCCCC2)N(C)C3=O)cc1. The second-order valence-electron chi connectivity index (χ2n) is 9.96. The van der Waals surface area contributed by atoms with Crippen LogP contribution in [0.3, 0.4) is 0 Å². The molecule has 1 atom stereocenters. The van der Waals surface area contributed by atoms with Crippen LogP contribution in [0.25, 0.3) is 0 Å². The summed E-state index contributed by atoms with van der Waals surface area (Å²) in [5.41, 5.74) is 0.486. The number of amides is 3. The molecule has 0 saturated heterocycles. The molecule has 1 unspecified atom stereocenters. The first-order chi connectivity index (χ1) is 17.3. The van der Waals surface area contributed by atoms with Crippen molar-refractivity contribution in [3.8, 4) is 5.75 Å². The lowest BCUT2D eigenvalue weighted by Gasteiger charge is -2.41. The van der Waals surface area contributed by atoms with Crippen molar-refractivity contribution in [3.63, 3.8) is 0 Å². The van der Waals surface area contributed by atoms with Crippen LogP contribution in [0.15, 0.2) is 30.3 Å². The Labute approximate surface area is 212 Å². The number of likely N-dealkylation sites (N-methyl/N-ethyl adjacent to an activating group) is 1. The van der Waals surface area contributed by atoms with E-state index in [-0.39, 0.29) is 36.0 Å². The maximum atomic E-state index is 13.3. The van der Waals surface area contributed by atoms with Crippen LogP contribution in [0.1, 0.15) is 78.9 Å². The van der Waals surface area contributed by atoms with Gasteiger partial charge in [-0.05, 0) is 50.8 Å². The summed E-state index contributed by atoms with van der Waals surface area (Å²) in [7, 11) is 1.64. The summed E-state index contributed by atoms with van der Waals surface area (Å²) in [6.07, 6.45) is 7.20. The molecule has 2 aromatic rings. The Bertz CT molecular complexity index is 1090. The molecule has 36 heavy (non-hydrogen) atoms. The minimum absolute atomic E-state index is 0.135. The number of hydrogen-bond acceptors (Lipinski definition) is 5. The highest BCUT2D eigenvalue weighted by atomic mass is 16.5. The number of carbonyl (C=O) groups is 3. The van der Waals surface area contributed by atoms with E-state index < -0.39 is 5.54 Å². The van der Waals surface area contributed by atoms with Gasteiger partial charge in [0.05, 0.1) is 13.2 Å². The molecule has 1 fully saturated rings. The second kappa shape index (κ2) is 11.1. The summed E-state index contributed by atoms with van der Waals surface area (Å²) in [5.74, 6) is -0.0187. The number of nitrogens with one attached hydrogen (secondary N) is 2. The van der Waals surface area contributed by atoms with E-state index in [1.54, 1.807) is 14.0 Å². The Kier molecular flexibility index (Phi) is 7.96.